The molecule has 0 saturated carbocycles. The zero-order valence-electron chi connectivity index (χ0n) is 13.0. The largest absolute Gasteiger partial charge is 0.355 e. The SMILES string of the molecule is CC1(C)OCC(C)(C)[C@H](CNCCC(=O)NCCS)O1. The van der Waals surface area contributed by atoms with E-state index in [9.17, 15) is 4.79 Å². The highest BCUT2D eigenvalue weighted by Gasteiger charge is 2.41. The standard InChI is InChI=1S/C14H28N2O3S/c1-13(2)10-18-14(3,4)19-11(13)9-15-6-5-12(17)16-7-8-20/h11,15,20H,5-10H2,1-4H3,(H,16,17)/t11-/m0/s1. The Bertz CT molecular complexity index is 322. The van der Waals surface area contributed by atoms with E-state index in [0.29, 0.717) is 31.9 Å². The molecule has 1 rings (SSSR count). The molecule has 1 fully saturated rings. The van der Waals surface area contributed by atoms with E-state index < -0.39 is 5.79 Å². The molecular weight excluding hydrogens is 276 g/mol. The zero-order chi connectivity index (χ0) is 15.2. The maximum absolute atomic E-state index is 11.4. The fourth-order valence-corrected chi connectivity index (χ4v) is 2.14. The first kappa shape index (κ1) is 17.8. The van der Waals surface area contributed by atoms with Crippen LogP contribution in [0.4, 0.5) is 0 Å². The fraction of sp³-hybridized carbons (Fsp3) is 0.929. The molecule has 0 aromatic carbocycles. The van der Waals surface area contributed by atoms with E-state index >= 15 is 0 Å². The number of thiol groups is 1. The minimum atomic E-state index is -0.536. The Balaban J connectivity index is 2.27. The van der Waals surface area contributed by atoms with E-state index in [1.807, 2.05) is 13.8 Å². The molecule has 20 heavy (non-hydrogen) atoms. The van der Waals surface area contributed by atoms with Gasteiger partial charge < -0.3 is 20.1 Å². The van der Waals surface area contributed by atoms with Gasteiger partial charge in [-0.2, -0.15) is 12.6 Å². The molecule has 0 aliphatic carbocycles. The first-order valence-electron chi connectivity index (χ1n) is 7.17. The van der Waals surface area contributed by atoms with Crippen molar-refractivity contribution in [1.29, 1.82) is 0 Å². The zero-order valence-corrected chi connectivity index (χ0v) is 13.9. The number of carbonyl (C=O) groups excluding carboxylic acids is 1. The van der Waals surface area contributed by atoms with Gasteiger partial charge in [-0.15, -0.1) is 0 Å². The van der Waals surface area contributed by atoms with Crippen molar-refractivity contribution in [2.45, 2.75) is 46.0 Å². The molecule has 1 saturated heterocycles. The van der Waals surface area contributed by atoms with Gasteiger partial charge in [-0.3, -0.25) is 4.79 Å². The lowest BCUT2D eigenvalue weighted by molar-refractivity contribution is -0.310. The van der Waals surface area contributed by atoms with Gasteiger partial charge in [0.2, 0.25) is 5.91 Å². The van der Waals surface area contributed by atoms with E-state index in [0.717, 1.165) is 6.54 Å². The normalized spacial score (nSPS) is 24.4. The number of amides is 1. The summed E-state index contributed by atoms with van der Waals surface area (Å²) in [6.07, 6.45) is 0.549. The quantitative estimate of drug-likeness (QED) is 0.488. The third-order valence-electron chi connectivity index (χ3n) is 3.38. The summed E-state index contributed by atoms with van der Waals surface area (Å²) in [5.74, 6) is 0.184. The van der Waals surface area contributed by atoms with Crippen LogP contribution in [-0.2, 0) is 14.3 Å². The van der Waals surface area contributed by atoms with Gasteiger partial charge in [0.15, 0.2) is 5.79 Å². The van der Waals surface area contributed by atoms with Crippen LogP contribution in [0, 0.1) is 5.41 Å². The monoisotopic (exact) mass is 304 g/mol. The highest BCUT2D eigenvalue weighted by atomic mass is 32.1. The number of hydrogen-bond donors (Lipinski definition) is 3. The summed E-state index contributed by atoms with van der Waals surface area (Å²) in [4.78, 5) is 11.4. The van der Waals surface area contributed by atoms with Crippen molar-refractivity contribution in [2.24, 2.45) is 5.41 Å². The summed E-state index contributed by atoms with van der Waals surface area (Å²) < 4.78 is 11.6. The third-order valence-corrected chi connectivity index (χ3v) is 3.61. The lowest BCUT2D eigenvalue weighted by atomic mass is 9.86. The number of nitrogens with one attached hydrogen (secondary N) is 2. The molecule has 0 aromatic heterocycles. The average molecular weight is 304 g/mol. The smallest absolute Gasteiger partial charge is 0.221 e. The van der Waals surface area contributed by atoms with E-state index in [2.05, 4.69) is 37.1 Å². The number of rotatable bonds is 7. The van der Waals surface area contributed by atoms with Crippen LogP contribution in [0.1, 0.15) is 34.1 Å². The van der Waals surface area contributed by atoms with E-state index in [1.165, 1.54) is 0 Å². The third kappa shape index (κ3) is 5.99. The molecular formula is C14H28N2O3S. The summed E-state index contributed by atoms with van der Waals surface area (Å²) in [6.45, 7) is 10.8. The van der Waals surface area contributed by atoms with Gasteiger partial charge in [-0.25, -0.2) is 0 Å². The summed E-state index contributed by atoms with van der Waals surface area (Å²) in [6, 6.07) is 0. The summed E-state index contributed by atoms with van der Waals surface area (Å²) in [5.41, 5.74) is -0.0309. The van der Waals surface area contributed by atoms with Crippen LogP contribution in [0.3, 0.4) is 0 Å². The van der Waals surface area contributed by atoms with Crippen molar-refractivity contribution in [1.82, 2.24) is 10.6 Å². The molecule has 118 valence electrons. The van der Waals surface area contributed by atoms with Crippen LogP contribution >= 0.6 is 12.6 Å². The van der Waals surface area contributed by atoms with Gasteiger partial charge in [-0.05, 0) is 13.8 Å². The Morgan fingerprint density at radius 3 is 2.65 bits per heavy atom. The predicted molar refractivity (Wildman–Crippen MR) is 83.0 cm³/mol. The van der Waals surface area contributed by atoms with Crippen LogP contribution in [0.2, 0.25) is 0 Å². The van der Waals surface area contributed by atoms with Crippen LogP contribution in [0.25, 0.3) is 0 Å². The van der Waals surface area contributed by atoms with Crippen molar-refractivity contribution in [3.8, 4) is 0 Å². The summed E-state index contributed by atoms with van der Waals surface area (Å²) >= 11 is 4.05. The molecule has 0 unspecified atom stereocenters. The molecule has 1 heterocycles. The molecule has 0 spiro atoms. The van der Waals surface area contributed by atoms with Gasteiger partial charge in [0, 0.05) is 37.2 Å². The molecule has 2 N–H and O–H groups in total. The predicted octanol–water partition coefficient (Wildman–Crippen LogP) is 1.19. The van der Waals surface area contributed by atoms with Crippen LogP contribution < -0.4 is 10.6 Å². The molecule has 0 bridgehead atoms. The molecule has 1 amide bonds. The molecule has 6 heteroatoms. The van der Waals surface area contributed by atoms with Gasteiger partial charge in [0.05, 0.1) is 12.7 Å². The average Bonchev–Trinajstić information content (AvgIpc) is 2.36. The summed E-state index contributed by atoms with van der Waals surface area (Å²) in [7, 11) is 0. The Hall–Kier alpha value is -0.300. The number of ether oxygens (including phenoxy) is 2. The molecule has 1 aliphatic rings. The Labute approximate surface area is 127 Å². The van der Waals surface area contributed by atoms with E-state index in [1.54, 1.807) is 0 Å². The topological polar surface area (TPSA) is 59.6 Å². The maximum atomic E-state index is 11.4. The highest BCUT2D eigenvalue weighted by Crippen LogP contribution is 2.34. The minimum absolute atomic E-state index is 0.0309. The molecule has 0 aromatic rings. The highest BCUT2D eigenvalue weighted by molar-refractivity contribution is 7.80. The van der Waals surface area contributed by atoms with Crippen molar-refractivity contribution < 1.29 is 14.3 Å². The second kappa shape index (κ2) is 7.64. The summed E-state index contributed by atoms with van der Waals surface area (Å²) in [5, 5.41) is 6.09. The first-order valence-corrected chi connectivity index (χ1v) is 7.80. The van der Waals surface area contributed by atoms with Gasteiger partial charge >= 0.3 is 0 Å². The Morgan fingerprint density at radius 1 is 1.30 bits per heavy atom. The van der Waals surface area contributed by atoms with Crippen molar-refractivity contribution in [2.75, 3.05) is 32.0 Å². The van der Waals surface area contributed by atoms with Crippen LogP contribution in [0.5, 0.6) is 0 Å². The van der Waals surface area contributed by atoms with Gasteiger partial charge in [0.25, 0.3) is 0 Å². The number of carbonyl (C=O) groups is 1. The lowest BCUT2D eigenvalue weighted by Crippen LogP contribution is -2.54. The fourth-order valence-electron chi connectivity index (χ4n) is 2.03. The van der Waals surface area contributed by atoms with Crippen molar-refractivity contribution in [3.63, 3.8) is 0 Å². The van der Waals surface area contributed by atoms with Gasteiger partial charge in [0.1, 0.15) is 0 Å². The van der Waals surface area contributed by atoms with Crippen molar-refractivity contribution in [3.05, 3.63) is 0 Å². The second-order valence-corrected chi connectivity index (χ2v) is 6.76. The van der Waals surface area contributed by atoms with Crippen LogP contribution in [-0.4, -0.2) is 49.8 Å². The molecule has 1 aliphatic heterocycles. The first-order chi connectivity index (χ1) is 9.27. The maximum Gasteiger partial charge on any atom is 0.221 e. The molecule has 5 nitrogen and oxygen atoms in total. The molecule has 1 atom stereocenters. The Morgan fingerprint density at radius 2 is 2.00 bits per heavy atom. The molecule has 0 radical (unpaired) electrons. The van der Waals surface area contributed by atoms with Crippen molar-refractivity contribution >= 4 is 18.5 Å². The lowest BCUT2D eigenvalue weighted by Gasteiger charge is -2.46. The minimum Gasteiger partial charge on any atom is -0.355 e. The van der Waals surface area contributed by atoms with Crippen LogP contribution in [0.15, 0.2) is 0 Å². The second-order valence-electron chi connectivity index (χ2n) is 6.31. The van der Waals surface area contributed by atoms with Gasteiger partial charge in [-0.1, -0.05) is 13.8 Å². The van der Waals surface area contributed by atoms with E-state index in [4.69, 9.17) is 9.47 Å². The Kier molecular flexibility index (Phi) is 6.78. The van der Waals surface area contributed by atoms with E-state index in [-0.39, 0.29) is 17.4 Å². The number of hydrogen-bond acceptors (Lipinski definition) is 5.